The second-order valence-corrected chi connectivity index (χ2v) is 4.71. The fourth-order valence-corrected chi connectivity index (χ4v) is 2.30. The van der Waals surface area contributed by atoms with Gasteiger partial charge in [0.15, 0.2) is 0 Å². The number of pyridine rings is 1. The molecular weight excluding hydrogens is 256 g/mol. The van der Waals surface area contributed by atoms with Crippen molar-refractivity contribution in [1.82, 2.24) is 20.1 Å². The minimum absolute atomic E-state index is 0.0221. The number of aromatic nitrogens is 3. The van der Waals surface area contributed by atoms with E-state index in [4.69, 9.17) is 5.73 Å². The molecule has 0 bridgehead atoms. The smallest absolute Gasteiger partial charge is 0.257 e. The molecule has 2 aromatic rings. The predicted octanol–water partition coefficient (Wildman–Crippen LogP) is 0.349. The van der Waals surface area contributed by atoms with Crippen LogP contribution >= 0.6 is 0 Å². The second-order valence-electron chi connectivity index (χ2n) is 4.71. The van der Waals surface area contributed by atoms with Crippen molar-refractivity contribution in [3.05, 3.63) is 36.3 Å². The Morgan fingerprint density at radius 1 is 1.20 bits per heavy atom. The number of carbonyl (C=O) groups is 1. The van der Waals surface area contributed by atoms with Crippen LogP contribution in [0.1, 0.15) is 10.4 Å². The number of nitrogens with zero attached hydrogens (tertiary/aromatic N) is 4. The van der Waals surface area contributed by atoms with Gasteiger partial charge < -0.3 is 15.5 Å². The molecule has 0 spiro atoms. The summed E-state index contributed by atoms with van der Waals surface area (Å²) in [5.41, 5.74) is 7.22. The number of H-pyrrole nitrogens is 1. The van der Waals surface area contributed by atoms with E-state index in [1.807, 2.05) is 11.0 Å². The van der Waals surface area contributed by atoms with Crippen LogP contribution in [-0.4, -0.2) is 52.2 Å². The largest absolute Gasteiger partial charge is 0.384 e. The van der Waals surface area contributed by atoms with E-state index in [1.165, 1.54) is 0 Å². The fraction of sp³-hybridized carbons (Fsp3) is 0.308. The van der Waals surface area contributed by atoms with Crippen LogP contribution in [0.5, 0.6) is 0 Å². The number of hydrogen-bond acceptors (Lipinski definition) is 5. The summed E-state index contributed by atoms with van der Waals surface area (Å²) < 4.78 is 0. The summed E-state index contributed by atoms with van der Waals surface area (Å²) in [5.74, 6) is 0.538. The molecule has 0 unspecified atom stereocenters. The van der Waals surface area contributed by atoms with Crippen LogP contribution in [0.15, 0.2) is 30.7 Å². The molecule has 104 valence electrons. The van der Waals surface area contributed by atoms with Gasteiger partial charge in [0.25, 0.3) is 5.91 Å². The Morgan fingerprint density at radius 3 is 2.60 bits per heavy atom. The van der Waals surface area contributed by atoms with Gasteiger partial charge in [-0.15, -0.1) is 0 Å². The molecule has 1 aliphatic rings. The van der Waals surface area contributed by atoms with Crippen molar-refractivity contribution in [3.63, 3.8) is 0 Å². The quantitative estimate of drug-likeness (QED) is 0.823. The summed E-state index contributed by atoms with van der Waals surface area (Å²) in [5, 5.41) is 6.47. The van der Waals surface area contributed by atoms with Gasteiger partial charge in [0, 0.05) is 32.4 Å². The third-order valence-electron chi connectivity index (χ3n) is 3.45. The molecule has 3 rings (SSSR count). The predicted molar refractivity (Wildman–Crippen MR) is 75.4 cm³/mol. The lowest BCUT2D eigenvalue weighted by Gasteiger charge is -2.35. The first kappa shape index (κ1) is 12.5. The van der Waals surface area contributed by atoms with Gasteiger partial charge in [-0.05, 0) is 12.1 Å². The zero-order chi connectivity index (χ0) is 13.9. The summed E-state index contributed by atoms with van der Waals surface area (Å²) in [4.78, 5) is 20.3. The van der Waals surface area contributed by atoms with Crippen molar-refractivity contribution in [1.29, 1.82) is 0 Å². The molecule has 2 aromatic heterocycles. The van der Waals surface area contributed by atoms with Gasteiger partial charge in [0.05, 0.1) is 23.6 Å². The van der Waals surface area contributed by atoms with Crippen LogP contribution in [0.2, 0.25) is 0 Å². The monoisotopic (exact) mass is 272 g/mol. The molecule has 1 amide bonds. The molecule has 0 atom stereocenters. The van der Waals surface area contributed by atoms with Gasteiger partial charge in [0.2, 0.25) is 0 Å². The van der Waals surface area contributed by atoms with Crippen LogP contribution in [0, 0.1) is 0 Å². The van der Waals surface area contributed by atoms with E-state index in [9.17, 15) is 4.79 Å². The highest BCUT2D eigenvalue weighted by Gasteiger charge is 2.22. The average molecular weight is 272 g/mol. The number of nitrogens with one attached hydrogen (secondary N) is 1. The lowest BCUT2D eigenvalue weighted by Crippen LogP contribution is -2.48. The Hall–Kier alpha value is -2.57. The Balaban J connectivity index is 1.62. The Morgan fingerprint density at radius 2 is 2.00 bits per heavy atom. The van der Waals surface area contributed by atoms with Gasteiger partial charge in [-0.25, -0.2) is 4.98 Å². The van der Waals surface area contributed by atoms with E-state index in [2.05, 4.69) is 20.1 Å². The molecule has 0 radical (unpaired) electrons. The van der Waals surface area contributed by atoms with Gasteiger partial charge in [-0.2, -0.15) is 5.10 Å². The highest BCUT2D eigenvalue weighted by molar-refractivity contribution is 5.93. The first-order valence-corrected chi connectivity index (χ1v) is 6.48. The second kappa shape index (κ2) is 5.20. The van der Waals surface area contributed by atoms with Crippen LogP contribution < -0.4 is 10.6 Å². The third kappa shape index (κ3) is 2.42. The number of hydrogen-bond donors (Lipinski definition) is 2. The number of carbonyl (C=O) groups excluding carboxylic acids is 1. The normalized spacial score (nSPS) is 15.4. The molecule has 1 aliphatic heterocycles. The number of amides is 1. The topological polar surface area (TPSA) is 91.1 Å². The van der Waals surface area contributed by atoms with Crippen LogP contribution in [0.4, 0.5) is 11.5 Å². The van der Waals surface area contributed by atoms with E-state index < -0.39 is 0 Å². The van der Waals surface area contributed by atoms with E-state index in [0.717, 1.165) is 18.8 Å². The van der Waals surface area contributed by atoms with Crippen molar-refractivity contribution in [2.75, 3.05) is 36.8 Å². The zero-order valence-electron chi connectivity index (χ0n) is 11.0. The number of nitrogen functional groups attached to an aromatic ring is 1. The van der Waals surface area contributed by atoms with Crippen LogP contribution in [0.3, 0.4) is 0 Å². The van der Waals surface area contributed by atoms with Crippen molar-refractivity contribution in [2.24, 2.45) is 0 Å². The Labute approximate surface area is 116 Å². The number of piperazine rings is 1. The maximum atomic E-state index is 12.2. The summed E-state index contributed by atoms with van der Waals surface area (Å²) in [6.07, 6.45) is 4.94. The summed E-state index contributed by atoms with van der Waals surface area (Å²) in [6.45, 7) is 2.95. The Kier molecular flexibility index (Phi) is 3.24. The highest BCUT2D eigenvalue weighted by Crippen LogP contribution is 2.17. The first-order chi connectivity index (χ1) is 9.74. The third-order valence-corrected chi connectivity index (χ3v) is 3.45. The SMILES string of the molecule is Nc1ccc(N2CCN(C(=O)c3cn[nH]c3)CC2)cn1. The molecule has 7 heteroatoms. The molecule has 1 fully saturated rings. The van der Waals surface area contributed by atoms with Crippen molar-refractivity contribution < 1.29 is 4.79 Å². The average Bonchev–Trinajstić information content (AvgIpc) is 3.02. The maximum Gasteiger partial charge on any atom is 0.257 e. The number of rotatable bonds is 2. The standard InChI is InChI=1S/C13H16N6O/c14-12-2-1-11(9-15-12)18-3-5-19(6-4-18)13(20)10-7-16-17-8-10/h1-2,7-9H,3-6H2,(H2,14,15)(H,16,17). The molecule has 1 saturated heterocycles. The molecular formula is C13H16N6O. The number of anilines is 2. The molecule has 0 saturated carbocycles. The lowest BCUT2D eigenvalue weighted by atomic mass is 10.2. The molecule has 0 aromatic carbocycles. The molecule has 20 heavy (non-hydrogen) atoms. The number of aromatic amines is 1. The van der Waals surface area contributed by atoms with Crippen molar-refractivity contribution in [2.45, 2.75) is 0 Å². The van der Waals surface area contributed by atoms with Gasteiger partial charge in [0.1, 0.15) is 5.82 Å². The highest BCUT2D eigenvalue weighted by atomic mass is 16.2. The zero-order valence-corrected chi connectivity index (χ0v) is 11.0. The maximum absolute atomic E-state index is 12.2. The van der Waals surface area contributed by atoms with Crippen LogP contribution in [0.25, 0.3) is 0 Å². The summed E-state index contributed by atoms with van der Waals surface area (Å²) in [7, 11) is 0. The first-order valence-electron chi connectivity index (χ1n) is 6.48. The van der Waals surface area contributed by atoms with E-state index >= 15 is 0 Å². The minimum atomic E-state index is 0.0221. The molecule has 3 heterocycles. The fourth-order valence-electron chi connectivity index (χ4n) is 2.30. The summed E-state index contributed by atoms with van der Waals surface area (Å²) in [6, 6.07) is 3.74. The van der Waals surface area contributed by atoms with E-state index in [0.29, 0.717) is 24.5 Å². The lowest BCUT2D eigenvalue weighted by molar-refractivity contribution is 0.0747. The van der Waals surface area contributed by atoms with E-state index in [1.54, 1.807) is 24.7 Å². The van der Waals surface area contributed by atoms with E-state index in [-0.39, 0.29) is 5.91 Å². The Bertz CT molecular complexity index is 571. The van der Waals surface area contributed by atoms with Crippen molar-refractivity contribution >= 4 is 17.4 Å². The molecule has 0 aliphatic carbocycles. The minimum Gasteiger partial charge on any atom is -0.384 e. The number of nitrogens with two attached hydrogens (primary N) is 1. The molecule has 7 nitrogen and oxygen atoms in total. The van der Waals surface area contributed by atoms with Crippen LogP contribution in [-0.2, 0) is 0 Å². The van der Waals surface area contributed by atoms with Gasteiger partial charge in [-0.3, -0.25) is 9.89 Å². The van der Waals surface area contributed by atoms with Gasteiger partial charge >= 0.3 is 0 Å². The van der Waals surface area contributed by atoms with Crippen molar-refractivity contribution in [3.8, 4) is 0 Å². The molecule has 3 N–H and O–H groups in total. The summed E-state index contributed by atoms with van der Waals surface area (Å²) >= 11 is 0. The van der Waals surface area contributed by atoms with Gasteiger partial charge in [-0.1, -0.05) is 0 Å².